The van der Waals surface area contributed by atoms with Crippen molar-refractivity contribution in [3.63, 3.8) is 0 Å². The van der Waals surface area contributed by atoms with Crippen LogP contribution in [0.3, 0.4) is 0 Å². The first-order valence-corrected chi connectivity index (χ1v) is 11.9. The van der Waals surface area contributed by atoms with E-state index in [4.69, 9.17) is 0 Å². The van der Waals surface area contributed by atoms with Crippen LogP contribution in [0.15, 0.2) is 66.7 Å². The Hall–Kier alpha value is -2.43. The van der Waals surface area contributed by atoms with Crippen molar-refractivity contribution in [2.75, 3.05) is 26.2 Å². The Morgan fingerprint density at radius 1 is 1.00 bits per heavy atom. The van der Waals surface area contributed by atoms with Gasteiger partial charge in [0.1, 0.15) is 5.82 Å². The second-order valence-corrected chi connectivity index (χ2v) is 8.98. The number of hydrogen-bond donors (Lipinski definition) is 1. The molecule has 2 unspecified atom stereocenters. The van der Waals surface area contributed by atoms with Crippen molar-refractivity contribution in [2.45, 2.75) is 38.5 Å². The highest BCUT2D eigenvalue weighted by Crippen LogP contribution is 2.47. The molecule has 33 heavy (non-hydrogen) atoms. The Balaban J connectivity index is 0.00000306. The van der Waals surface area contributed by atoms with Gasteiger partial charge in [0.15, 0.2) is 0 Å². The Bertz CT molecular complexity index is 1040. The highest BCUT2D eigenvalue weighted by atomic mass is 35.5. The normalized spacial score (nSPS) is 17.1. The third kappa shape index (κ3) is 7.02. The van der Waals surface area contributed by atoms with Crippen molar-refractivity contribution in [1.29, 1.82) is 0 Å². The van der Waals surface area contributed by atoms with E-state index >= 15 is 0 Å². The molecule has 0 bridgehead atoms. The molecule has 2 atom stereocenters. The fourth-order valence-corrected chi connectivity index (χ4v) is 4.60. The van der Waals surface area contributed by atoms with E-state index in [9.17, 15) is 9.18 Å². The van der Waals surface area contributed by atoms with Crippen LogP contribution in [0, 0.1) is 11.7 Å². The molecule has 5 heteroatoms. The minimum absolute atomic E-state index is 0. The van der Waals surface area contributed by atoms with Crippen LogP contribution in [0.25, 0.3) is 10.8 Å². The SMILES string of the molecule is CCCN(CCCCNC(=O)c1ccc2ccccc2c1)CC1CC1c1ccc(F)cc1.Cl. The predicted molar refractivity (Wildman–Crippen MR) is 137 cm³/mol. The second kappa shape index (κ2) is 12.2. The van der Waals surface area contributed by atoms with E-state index in [0.717, 1.165) is 55.2 Å². The molecule has 0 radical (unpaired) electrons. The monoisotopic (exact) mass is 468 g/mol. The molecule has 1 aliphatic rings. The van der Waals surface area contributed by atoms with Gasteiger partial charge in [-0.2, -0.15) is 0 Å². The first-order chi connectivity index (χ1) is 15.6. The van der Waals surface area contributed by atoms with Gasteiger partial charge in [-0.1, -0.05) is 49.4 Å². The third-order valence-corrected chi connectivity index (χ3v) is 6.45. The van der Waals surface area contributed by atoms with Crippen LogP contribution >= 0.6 is 12.4 Å². The summed E-state index contributed by atoms with van der Waals surface area (Å²) in [6, 6.07) is 21.0. The molecule has 1 fully saturated rings. The van der Waals surface area contributed by atoms with Crippen molar-refractivity contribution in [3.8, 4) is 0 Å². The number of amides is 1. The van der Waals surface area contributed by atoms with Crippen LogP contribution in [0.5, 0.6) is 0 Å². The fourth-order valence-electron chi connectivity index (χ4n) is 4.60. The van der Waals surface area contributed by atoms with E-state index in [1.165, 1.54) is 12.0 Å². The Labute approximate surface area is 202 Å². The average molecular weight is 469 g/mol. The quantitative estimate of drug-likeness (QED) is 0.329. The maximum Gasteiger partial charge on any atom is 0.251 e. The Morgan fingerprint density at radius 3 is 2.52 bits per heavy atom. The first-order valence-electron chi connectivity index (χ1n) is 11.9. The molecule has 4 rings (SSSR count). The van der Waals surface area contributed by atoms with Crippen LogP contribution in [-0.2, 0) is 0 Å². The number of benzene rings is 3. The minimum Gasteiger partial charge on any atom is -0.352 e. The van der Waals surface area contributed by atoms with Gasteiger partial charge >= 0.3 is 0 Å². The van der Waals surface area contributed by atoms with Gasteiger partial charge in [0.05, 0.1) is 0 Å². The lowest BCUT2D eigenvalue weighted by Crippen LogP contribution is -2.29. The summed E-state index contributed by atoms with van der Waals surface area (Å²) in [4.78, 5) is 15.0. The number of rotatable bonds is 11. The number of halogens is 2. The Kier molecular flexibility index (Phi) is 9.28. The summed E-state index contributed by atoms with van der Waals surface area (Å²) < 4.78 is 13.2. The summed E-state index contributed by atoms with van der Waals surface area (Å²) in [6.07, 6.45) is 4.40. The van der Waals surface area contributed by atoms with Gasteiger partial charge in [-0.25, -0.2) is 4.39 Å². The topological polar surface area (TPSA) is 32.3 Å². The van der Waals surface area contributed by atoms with E-state index in [1.807, 2.05) is 48.5 Å². The molecule has 1 aliphatic carbocycles. The molecule has 176 valence electrons. The maximum atomic E-state index is 13.2. The molecule has 3 aromatic carbocycles. The van der Waals surface area contributed by atoms with Gasteiger partial charge in [-0.3, -0.25) is 4.79 Å². The molecule has 3 aromatic rings. The molecule has 1 amide bonds. The summed E-state index contributed by atoms with van der Waals surface area (Å²) >= 11 is 0. The molecular formula is C28H34ClFN2O. The number of carbonyl (C=O) groups excluding carboxylic acids is 1. The molecule has 0 aromatic heterocycles. The lowest BCUT2D eigenvalue weighted by Gasteiger charge is -2.22. The summed E-state index contributed by atoms with van der Waals surface area (Å²) in [5, 5.41) is 5.31. The van der Waals surface area contributed by atoms with E-state index in [1.54, 1.807) is 12.1 Å². The smallest absolute Gasteiger partial charge is 0.251 e. The molecule has 1 N–H and O–H groups in total. The van der Waals surface area contributed by atoms with Crippen molar-refractivity contribution in [2.24, 2.45) is 5.92 Å². The molecule has 3 nitrogen and oxygen atoms in total. The van der Waals surface area contributed by atoms with Crippen LogP contribution < -0.4 is 5.32 Å². The van der Waals surface area contributed by atoms with Crippen molar-refractivity contribution < 1.29 is 9.18 Å². The van der Waals surface area contributed by atoms with Crippen molar-refractivity contribution in [1.82, 2.24) is 10.2 Å². The molecule has 0 spiro atoms. The molecule has 0 aliphatic heterocycles. The summed E-state index contributed by atoms with van der Waals surface area (Å²) in [5.41, 5.74) is 1.99. The first kappa shape index (κ1) is 25.2. The van der Waals surface area contributed by atoms with Gasteiger partial charge in [0.25, 0.3) is 5.91 Å². The largest absolute Gasteiger partial charge is 0.352 e. The molecular weight excluding hydrogens is 435 g/mol. The number of nitrogens with zero attached hydrogens (tertiary/aromatic N) is 1. The second-order valence-electron chi connectivity index (χ2n) is 8.98. The number of unbranched alkanes of at least 4 members (excludes halogenated alkanes) is 1. The van der Waals surface area contributed by atoms with Crippen LogP contribution in [-0.4, -0.2) is 37.0 Å². The summed E-state index contributed by atoms with van der Waals surface area (Å²) in [6.45, 7) is 6.20. The average Bonchev–Trinajstić information content (AvgIpc) is 3.58. The number of nitrogens with one attached hydrogen (secondary N) is 1. The zero-order chi connectivity index (χ0) is 22.3. The van der Waals surface area contributed by atoms with E-state index in [2.05, 4.69) is 23.2 Å². The van der Waals surface area contributed by atoms with Crippen molar-refractivity contribution in [3.05, 3.63) is 83.7 Å². The van der Waals surface area contributed by atoms with E-state index in [-0.39, 0.29) is 24.1 Å². The van der Waals surface area contributed by atoms with Gasteiger partial charge in [0, 0.05) is 18.7 Å². The third-order valence-electron chi connectivity index (χ3n) is 6.45. The van der Waals surface area contributed by atoms with E-state index in [0.29, 0.717) is 18.4 Å². The number of hydrogen-bond acceptors (Lipinski definition) is 2. The van der Waals surface area contributed by atoms with Gasteiger partial charge in [0.2, 0.25) is 0 Å². The van der Waals surface area contributed by atoms with Crippen molar-refractivity contribution >= 4 is 29.1 Å². The summed E-state index contributed by atoms with van der Waals surface area (Å²) in [5.74, 6) is 1.10. The highest BCUT2D eigenvalue weighted by molar-refractivity contribution is 5.98. The zero-order valence-electron chi connectivity index (χ0n) is 19.3. The lowest BCUT2D eigenvalue weighted by molar-refractivity contribution is 0.0952. The lowest BCUT2D eigenvalue weighted by atomic mass is 10.1. The highest BCUT2D eigenvalue weighted by Gasteiger charge is 2.38. The fraction of sp³-hybridized carbons (Fsp3) is 0.393. The maximum absolute atomic E-state index is 13.2. The molecule has 0 heterocycles. The van der Waals surface area contributed by atoms with Gasteiger partial charge in [-0.15, -0.1) is 12.4 Å². The van der Waals surface area contributed by atoms with Crippen LogP contribution in [0.4, 0.5) is 4.39 Å². The Morgan fingerprint density at radius 2 is 1.76 bits per heavy atom. The number of fused-ring (bicyclic) bond motifs is 1. The van der Waals surface area contributed by atoms with E-state index < -0.39 is 0 Å². The van der Waals surface area contributed by atoms with Gasteiger partial charge in [-0.05, 0) is 91.2 Å². The molecule has 0 saturated heterocycles. The van der Waals surface area contributed by atoms with Crippen LogP contribution in [0.2, 0.25) is 0 Å². The predicted octanol–water partition coefficient (Wildman–Crippen LogP) is 6.43. The van der Waals surface area contributed by atoms with Crippen LogP contribution in [0.1, 0.15) is 54.4 Å². The summed E-state index contributed by atoms with van der Waals surface area (Å²) in [7, 11) is 0. The minimum atomic E-state index is -0.161. The standard InChI is InChI=1S/C28H33FN2O.ClH/c1-2-16-31(20-25-19-27(25)22-11-13-26(29)14-12-22)17-6-5-15-30-28(32)24-10-9-21-7-3-4-8-23(21)18-24;/h3-4,7-14,18,25,27H,2,5-6,15-17,19-20H2,1H3,(H,30,32);1H. The zero-order valence-corrected chi connectivity index (χ0v) is 20.1. The number of carbonyl (C=O) groups is 1. The molecule has 1 saturated carbocycles. The van der Waals surface area contributed by atoms with Gasteiger partial charge < -0.3 is 10.2 Å².